The maximum atomic E-state index is 7.15. The van der Waals surface area contributed by atoms with E-state index in [0.717, 1.165) is 55.6 Å². The van der Waals surface area contributed by atoms with Crippen LogP contribution in [-0.4, -0.2) is 73.7 Å². The highest BCUT2D eigenvalue weighted by atomic mass is 32.3. The Bertz CT molecular complexity index is 2740. The highest BCUT2D eigenvalue weighted by Crippen LogP contribution is 2.48. The molecule has 0 N–H and O–H groups in total. The summed E-state index contributed by atoms with van der Waals surface area (Å²) in [5.41, 5.74) is 8.89. The second kappa shape index (κ2) is 13.3. The van der Waals surface area contributed by atoms with Crippen LogP contribution in [0.3, 0.4) is 0 Å². The molecule has 0 saturated heterocycles. The van der Waals surface area contributed by atoms with Gasteiger partial charge in [-0.2, -0.15) is 0 Å². The molecule has 8 rings (SSSR count). The van der Waals surface area contributed by atoms with E-state index in [1.807, 2.05) is 59.5 Å². The number of furan rings is 1. The first-order chi connectivity index (χ1) is 25.4. The lowest BCUT2D eigenvalue weighted by Gasteiger charge is -2.35. The van der Waals surface area contributed by atoms with Crippen LogP contribution in [0.15, 0.2) is 125 Å². The van der Waals surface area contributed by atoms with Crippen molar-refractivity contribution < 1.29 is 4.42 Å². The van der Waals surface area contributed by atoms with Crippen molar-refractivity contribution in [2.45, 2.75) is 4.90 Å². The molecule has 14 radical (unpaired) electrons. The molecule has 1 aromatic heterocycles. The van der Waals surface area contributed by atoms with E-state index < -0.39 is 10.0 Å². The van der Waals surface area contributed by atoms with Crippen molar-refractivity contribution in [1.82, 2.24) is 0 Å². The molecule has 1 heterocycles. The SMILES string of the molecule is [B]c1c([B])c([B])c2c([B])c(N(c3ccc(S(C)(C)C)cc3)c3ccccc3-c3ccc(-c4ccccc4)c4oc5ccccc5c34)c([B])c([B])c2c1[B]. The van der Waals surface area contributed by atoms with Gasteiger partial charge in [-0.05, 0) is 88.0 Å². The highest BCUT2D eigenvalue weighted by molar-refractivity contribution is 8.32. The average molecular weight is 682 g/mol. The molecule has 7 aromatic carbocycles. The molecule has 238 valence electrons. The standard InChI is InChI=1S/C43H28B7NOS/c1-53(2,3)25-19-17-24(18-20-25)51(42-38(47)34-33(37(46)41(42)50)35(44)39(48)40(49)36(34)45)30-15-9-7-13-27(30)28-22-21-26(23-11-5-4-6-12-23)43-32(28)29-14-8-10-16-31(29)52-43/h4-22H,1-3H3. The van der Waals surface area contributed by atoms with Gasteiger partial charge in [0, 0.05) is 33.3 Å². The van der Waals surface area contributed by atoms with Gasteiger partial charge in [-0.25, -0.2) is 10.0 Å². The van der Waals surface area contributed by atoms with Crippen LogP contribution < -0.4 is 43.1 Å². The third-order valence-corrected chi connectivity index (χ3v) is 11.8. The van der Waals surface area contributed by atoms with E-state index in [-0.39, 0.29) is 38.2 Å². The van der Waals surface area contributed by atoms with Crippen LogP contribution in [0.5, 0.6) is 0 Å². The van der Waals surface area contributed by atoms with Crippen molar-refractivity contribution in [2.75, 3.05) is 23.7 Å². The lowest BCUT2D eigenvalue weighted by Crippen LogP contribution is -2.52. The predicted molar refractivity (Wildman–Crippen MR) is 238 cm³/mol. The van der Waals surface area contributed by atoms with Gasteiger partial charge in [0.25, 0.3) is 0 Å². The molecule has 8 aromatic rings. The fraction of sp³-hybridized carbons (Fsp3) is 0.0698. The molecule has 0 aliphatic carbocycles. The Morgan fingerprint density at radius 3 is 1.72 bits per heavy atom. The van der Waals surface area contributed by atoms with Gasteiger partial charge >= 0.3 is 0 Å². The lowest BCUT2D eigenvalue weighted by molar-refractivity contribution is 0.670. The second-order valence-corrected chi connectivity index (χ2v) is 18.2. The highest BCUT2D eigenvalue weighted by Gasteiger charge is 2.26. The summed E-state index contributed by atoms with van der Waals surface area (Å²) in [7, 11) is 45.8. The van der Waals surface area contributed by atoms with Crippen molar-refractivity contribution in [1.29, 1.82) is 0 Å². The van der Waals surface area contributed by atoms with E-state index in [1.165, 1.54) is 4.90 Å². The zero-order valence-corrected chi connectivity index (χ0v) is 30.6. The van der Waals surface area contributed by atoms with Crippen LogP contribution in [0.4, 0.5) is 17.1 Å². The van der Waals surface area contributed by atoms with Gasteiger partial charge in [0.15, 0.2) is 0 Å². The van der Waals surface area contributed by atoms with E-state index in [9.17, 15) is 0 Å². The number of nitrogens with zero attached hydrogens (tertiary/aromatic N) is 1. The Labute approximate surface area is 321 Å². The Balaban J connectivity index is 1.47. The van der Waals surface area contributed by atoms with Gasteiger partial charge in [-0.3, -0.25) is 0 Å². The summed E-state index contributed by atoms with van der Waals surface area (Å²) in [4.78, 5) is 3.29. The summed E-state index contributed by atoms with van der Waals surface area (Å²) in [6.45, 7) is 0. The molecule has 10 heteroatoms. The number of rotatable bonds is 6. The second-order valence-electron chi connectivity index (χ2n) is 14.0. The maximum Gasteiger partial charge on any atom is 0.143 e. The van der Waals surface area contributed by atoms with Crippen LogP contribution in [0.1, 0.15) is 0 Å². The minimum atomic E-state index is -1.02. The number of anilines is 3. The maximum absolute atomic E-state index is 7.15. The molecule has 2 nitrogen and oxygen atoms in total. The van der Waals surface area contributed by atoms with Gasteiger partial charge in [0.05, 0.1) is 5.69 Å². The summed E-state index contributed by atoms with van der Waals surface area (Å²) in [5.74, 6) is 0. The minimum absolute atomic E-state index is 0.131. The Morgan fingerprint density at radius 2 is 1.04 bits per heavy atom. The van der Waals surface area contributed by atoms with Gasteiger partial charge < -0.3 is 9.32 Å². The molecule has 0 fully saturated rings. The van der Waals surface area contributed by atoms with Crippen LogP contribution in [-0.2, 0) is 0 Å². The van der Waals surface area contributed by atoms with Crippen molar-refractivity contribution in [3.8, 4) is 22.3 Å². The Kier molecular flexibility index (Phi) is 8.81. The molecule has 0 aliphatic heterocycles. The summed E-state index contributed by atoms with van der Waals surface area (Å²) < 4.78 is 6.65. The minimum Gasteiger partial charge on any atom is -0.455 e. The molecule has 0 aliphatic rings. The third-order valence-electron chi connectivity index (χ3n) is 10.1. The van der Waals surface area contributed by atoms with Crippen molar-refractivity contribution >= 4 is 153 Å². The Morgan fingerprint density at radius 1 is 0.472 bits per heavy atom. The molecule has 0 saturated carbocycles. The van der Waals surface area contributed by atoms with E-state index in [1.54, 1.807) is 0 Å². The van der Waals surface area contributed by atoms with E-state index >= 15 is 0 Å². The average Bonchev–Trinajstić information content (AvgIpc) is 3.56. The molecule has 0 amide bonds. The van der Waals surface area contributed by atoms with Crippen LogP contribution in [0, 0.1) is 0 Å². The van der Waals surface area contributed by atoms with E-state index in [4.69, 9.17) is 59.3 Å². The van der Waals surface area contributed by atoms with E-state index in [0.29, 0.717) is 16.5 Å². The summed E-state index contributed by atoms with van der Waals surface area (Å²) in [6, 6.07) is 39.3. The largest absolute Gasteiger partial charge is 0.455 e. The van der Waals surface area contributed by atoms with Crippen molar-refractivity contribution in [3.05, 3.63) is 115 Å². The molecular formula is C43H28B7NOS. The number of fused-ring (bicyclic) bond motifs is 4. The number of hydrogen-bond acceptors (Lipinski definition) is 2. The first kappa shape index (κ1) is 35.2. The third kappa shape index (κ3) is 5.69. The normalized spacial score (nSPS) is 12.1. The van der Waals surface area contributed by atoms with Gasteiger partial charge in [0.1, 0.15) is 66.1 Å². The summed E-state index contributed by atoms with van der Waals surface area (Å²) in [5, 5.41) is 2.75. The first-order valence-corrected chi connectivity index (χ1v) is 19.9. The van der Waals surface area contributed by atoms with Crippen molar-refractivity contribution in [2.24, 2.45) is 0 Å². The fourth-order valence-electron chi connectivity index (χ4n) is 7.34. The van der Waals surface area contributed by atoms with Gasteiger partial charge in [0.2, 0.25) is 0 Å². The summed E-state index contributed by atoms with van der Waals surface area (Å²) in [6.07, 6.45) is 6.79. The Hall–Kier alpha value is -4.80. The quantitative estimate of drug-likeness (QED) is 0.246. The molecular weight excluding hydrogens is 654 g/mol. The first-order valence-electron chi connectivity index (χ1n) is 17.1. The number of hydrogen-bond donors (Lipinski definition) is 0. The molecule has 0 spiro atoms. The summed E-state index contributed by atoms with van der Waals surface area (Å²) >= 11 is 0. The van der Waals surface area contributed by atoms with Gasteiger partial charge in [-0.1, -0.05) is 100 Å². The monoisotopic (exact) mass is 683 g/mol. The topological polar surface area (TPSA) is 16.4 Å². The molecule has 0 bridgehead atoms. The predicted octanol–water partition coefficient (Wildman–Crippen LogP) is 4.15. The zero-order valence-electron chi connectivity index (χ0n) is 29.8. The van der Waals surface area contributed by atoms with Crippen molar-refractivity contribution in [3.63, 3.8) is 0 Å². The zero-order chi connectivity index (χ0) is 37.3. The number of benzene rings is 7. The lowest BCUT2D eigenvalue weighted by atomic mass is 9.59. The number of para-hydroxylation sites is 2. The van der Waals surface area contributed by atoms with Crippen LogP contribution in [0.25, 0.3) is 55.0 Å². The van der Waals surface area contributed by atoms with E-state index in [2.05, 4.69) is 79.4 Å². The smallest absolute Gasteiger partial charge is 0.143 e. The van der Waals surface area contributed by atoms with Crippen LogP contribution >= 0.6 is 10.0 Å². The molecule has 0 atom stereocenters. The molecule has 53 heavy (non-hydrogen) atoms. The van der Waals surface area contributed by atoms with Gasteiger partial charge in [-0.15, -0.1) is 10.9 Å². The van der Waals surface area contributed by atoms with Crippen LogP contribution in [0.2, 0.25) is 0 Å². The fourth-order valence-corrected chi connectivity index (χ4v) is 8.29. The molecule has 0 unspecified atom stereocenters.